The summed E-state index contributed by atoms with van der Waals surface area (Å²) >= 11 is 3.37. The monoisotopic (exact) mass is 245 g/mol. The molecule has 0 aliphatic carbocycles. The summed E-state index contributed by atoms with van der Waals surface area (Å²) in [6.07, 6.45) is 0.961. The highest BCUT2D eigenvalue weighted by Crippen LogP contribution is 2.04. The van der Waals surface area contributed by atoms with Crippen molar-refractivity contribution >= 4 is 15.9 Å². The molecule has 0 bridgehead atoms. The SMILES string of the molecule is CN(CBr)CCc1ccc(F)cc1. The molecule has 1 aromatic carbocycles. The highest BCUT2D eigenvalue weighted by Gasteiger charge is 1.97. The molecular weight excluding hydrogens is 233 g/mol. The van der Waals surface area contributed by atoms with E-state index in [1.165, 1.54) is 17.7 Å². The largest absolute Gasteiger partial charge is 0.296 e. The zero-order chi connectivity index (χ0) is 9.68. The van der Waals surface area contributed by atoms with Crippen molar-refractivity contribution in [2.24, 2.45) is 0 Å². The van der Waals surface area contributed by atoms with Gasteiger partial charge in [-0.05, 0) is 31.2 Å². The van der Waals surface area contributed by atoms with Gasteiger partial charge in [0.1, 0.15) is 5.82 Å². The van der Waals surface area contributed by atoms with E-state index in [1.807, 2.05) is 19.2 Å². The third kappa shape index (κ3) is 3.87. The second kappa shape index (κ2) is 5.35. The van der Waals surface area contributed by atoms with E-state index in [1.54, 1.807) is 0 Å². The van der Waals surface area contributed by atoms with Crippen LogP contribution in [-0.4, -0.2) is 23.9 Å². The predicted molar refractivity (Wildman–Crippen MR) is 56.5 cm³/mol. The van der Waals surface area contributed by atoms with Gasteiger partial charge in [0, 0.05) is 6.54 Å². The third-order valence-electron chi connectivity index (χ3n) is 1.90. The summed E-state index contributed by atoms with van der Waals surface area (Å²) in [5.74, 6) is -0.169. The van der Waals surface area contributed by atoms with Gasteiger partial charge in [-0.25, -0.2) is 4.39 Å². The van der Waals surface area contributed by atoms with E-state index in [0.29, 0.717) is 0 Å². The molecule has 0 fully saturated rings. The average molecular weight is 246 g/mol. The highest BCUT2D eigenvalue weighted by atomic mass is 79.9. The lowest BCUT2D eigenvalue weighted by atomic mass is 10.1. The maximum absolute atomic E-state index is 12.5. The Balaban J connectivity index is 2.41. The number of nitrogens with zero attached hydrogens (tertiary/aromatic N) is 1. The van der Waals surface area contributed by atoms with Crippen molar-refractivity contribution < 1.29 is 4.39 Å². The molecule has 1 rings (SSSR count). The van der Waals surface area contributed by atoms with E-state index in [4.69, 9.17) is 0 Å². The molecule has 0 heterocycles. The lowest BCUT2D eigenvalue weighted by Gasteiger charge is -2.12. The molecule has 72 valence electrons. The van der Waals surface area contributed by atoms with Crippen molar-refractivity contribution in [3.05, 3.63) is 35.6 Å². The topological polar surface area (TPSA) is 3.24 Å². The minimum atomic E-state index is -0.169. The van der Waals surface area contributed by atoms with Crippen LogP contribution in [0.4, 0.5) is 4.39 Å². The van der Waals surface area contributed by atoms with E-state index < -0.39 is 0 Å². The van der Waals surface area contributed by atoms with Gasteiger partial charge in [-0.3, -0.25) is 4.90 Å². The summed E-state index contributed by atoms with van der Waals surface area (Å²) in [7, 11) is 2.04. The Kier molecular flexibility index (Phi) is 4.39. The highest BCUT2D eigenvalue weighted by molar-refractivity contribution is 9.09. The van der Waals surface area contributed by atoms with Crippen LogP contribution in [0, 0.1) is 5.82 Å². The summed E-state index contributed by atoms with van der Waals surface area (Å²) in [6, 6.07) is 6.67. The average Bonchev–Trinajstić information content (AvgIpc) is 2.16. The molecule has 0 spiro atoms. The number of halogens is 2. The van der Waals surface area contributed by atoms with E-state index >= 15 is 0 Å². The molecule has 0 aliphatic heterocycles. The van der Waals surface area contributed by atoms with E-state index in [0.717, 1.165) is 18.4 Å². The zero-order valence-corrected chi connectivity index (χ0v) is 9.22. The lowest BCUT2D eigenvalue weighted by Crippen LogP contribution is -2.18. The van der Waals surface area contributed by atoms with Crippen LogP contribution in [0.25, 0.3) is 0 Å². The molecule has 0 saturated heterocycles. The quantitative estimate of drug-likeness (QED) is 0.583. The van der Waals surface area contributed by atoms with Gasteiger partial charge in [0.2, 0.25) is 0 Å². The van der Waals surface area contributed by atoms with Crippen molar-refractivity contribution in [2.45, 2.75) is 6.42 Å². The second-order valence-corrected chi connectivity index (χ2v) is 3.58. The first-order chi connectivity index (χ1) is 6.22. The number of likely N-dealkylation sites (N-methyl/N-ethyl adjacent to an activating group) is 1. The lowest BCUT2D eigenvalue weighted by molar-refractivity contribution is 0.401. The van der Waals surface area contributed by atoms with Gasteiger partial charge in [0.25, 0.3) is 0 Å². The fourth-order valence-electron chi connectivity index (χ4n) is 1.03. The first-order valence-electron chi connectivity index (χ1n) is 4.21. The Bertz CT molecular complexity index is 248. The van der Waals surface area contributed by atoms with Gasteiger partial charge in [-0.2, -0.15) is 0 Å². The molecule has 1 aromatic rings. The Labute approximate surface area is 86.7 Å². The summed E-state index contributed by atoms with van der Waals surface area (Å²) in [5.41, 5.74) is 2.04. The van der Waals surface area contributed by atoms with Crippen LogP contribution in [0.2, 0.25) is 0 Å². The Hall–Kier alpha value is -0.410. The molecule has 0 aliphatic rings. The minimum absolute atomic E-state index is 0.169. The summed E-state index contributed by atoms with van der Waals surface area (Å²) in [4.78, 5) is 2.16. The number of hydrogen-bond donors (Lipinski definition) is 0. The number of hydrogen-bond acceptors (Lipinski definition) is 1. The van der Waals surface area contributed by atoms with Crippen molar-refractivity contribution in [3.63, 3.8) is 0 Å². The summed E-state index contributed by atoms with van der Waals surface area (Å²) in [5, 5.41) is 0. The Morgan fingerprint density at radius 3 is 2.46 bits per heavy atom. The molecule has 0 atom stereocenters. The maximum atomic E-state index is 12.5. The first-order valence-corrected chi connectivity index (χ1v) is 5.33. The van der Waals surface area contributed by atoms with Crippen LogP contribution >= 0.6 is 15.9 Å². The predicted octanol–water partition coefficient (Wildman–Crippen LogP) is 2.65. The Morgan fingerprint density at radius 2 is 1.92 bits per heavy atom. The van der Waals surface area contributed by atoms with E-state index in [2.05, 4.69) is 20.8 Å². The molecule has 0 unspecified atom stereocenters. The first kappa shape index (κ1) is 10.7. The fraction of sp³-hybridized carbons (Fsp3) is 0.400. The zero-order valence-electron chi connectivity index (χ0n) is 7.63. The Morgan fingerprint density at radius 1 is 1.31 bits per heavy atom. The van der Waals surface area contributed by atoms with Gasteiger partial charge in [0.15, 0.2) is 0 Å². The van der Waals surface area contributed by atoms with Crippen LogP contribution in [-0.2, 0) is 6.42 Å². The minimum Gasteiger partial charge on any atom is -0.296 e. The van der Waals surface area contributed by atoms with Crippen molar-refractivity contribution in [1.29, 1.82) is 0 Å². The fourth-order valence-corrected chi connectivity index (χ4v) is 1.28. The molecule has 1 nitrogen and oxygen atoms in total. The van der Waals surface area contributed by atoms with Crippen molar-refractivity contribution in [2.75, 3.05) is 19.0 Å². The van der Waals surface area contributed by atoms with Gasteiger partial charge >= 0.3 is 0 Å². The van der Waals surface area contributed by atoms with Crippen molar-refractivity contribution in [1.82, 2.24) is 4.90 Å². The molecule has 0 amide bonds. The molecule has 0 aromatic heterocycles. The van der Waals surface area contributed by atoms with Crippen LogP contribution in [0.3, 0.4) is 0 Å². The van der Waals surface area contributed by atoms with Gasteiger partial charge < -0.3 is 0 Å². The third-order valence-corrected chi connectivity index (χ3v) is 2.76. The molecule has 0 radical (unpaired) electrons. The number of benzene rings is 1. The van der Waals surface area contributed by atoms with Crippen molar-refractivity contribution in [3.8, 4) is 0 Å². The number of rotatable bonds is 4. The van der Waals surface area contributed by atoms with Gasteiger partial charge in [-0.15, -0.1) is 0 Å². The molecule has 3 heteroatoms. The second-order valence-electron chi connectivity index (χ2n) is 3.08. The van der Waals surface area contributed by atoms with Crippen LogP contribution in [0.15, 0.2) is 24.3 Å². The summed E-state index contributed by atoms with van der Waals surface area (Å²) < 4.78 is 12.5. The summed E-state index contributed by atoms with van der Waals surface area (Å²) in [6.45, 7) is 0.983. The van der Waals surface area contributed by atoms with Gasteiger partial charge in [-0.1, -0.05) is 28.1 Å². The van der Waals surface area contributed by atoms with Gasteiger partial charge in [0.05, 0.1) is 5.45 Å². The maximum Gasteiger partial charge on any atom is 0.123 e. The van der Waals surface area contributed by atoms with E-state index in [9.17, 15) is 4.39 Å². The van der Waals surface area contributed by atoms with Crippen LogP contribution in [0.1, 0.15) is 5.56 Å². The van der Waals surface area contributed by atoms with Crippen LogP contribution < -0.4 is 0 Å². The standard InChI is InChI=1S/C10H13BrFN/c1-13(8-11)7-6-9-2-4-10(12)5-3-9/h2-5H,6-8H2,1H3. The molecular formula is C10H13BrFN. The molecule has 13 heavy (non-hydrogen) atoms. The smallest absolute Gasteiger partial charge is 0.123 e. The number of alkyl halides is 1. The normalized spacial score (nSPS) is 10.8. The van der Waals surface area contributed by atoms with Crippen LogP contribution in [0.5, 0.6) is 0 Å². The van der Waals surface area contributed by atoms with E-state index in [-0.39, 0.29) is 5.82 Å². The molecule has 0 saturated carbocycles. The molecule has 0 N–H and O–H groups in total.